The minimum Gasteiger partial charge on any atom is -0.468 e. The SMILES string of the molecule is Cc1ccc(S(=O)(=O)N(CC(=O)Nc2ccc(N3CCN(C)CC3)c(C)c2)Cc2ccco2)cc1. The summed E-state index contributed by atoms with van der Waals surface area (Å²) in [5.41, 5.74) is 3.80. The highest BCUT2D eigenvalue weighted by atomic mass is 32.2. The van der Waals surface area contributed by atoms with E-state index in [0.29, 0.717) is 11.4 Å². The minimum absolute atomic E-state index is 0.0436. The van der Waals surface area contributed by atoms with Gasteiger partial charge in [0.2, 0.25) is 15.9 Å². The van der Waals surface area contributed by atoms with Gasteiger partial charge in [0.15, 0.2) is 0 Å². The lowest BCUT2D eigenvalue weighted by Crippen LogP contribution is -2.44. The highest BCUT2D eigenvalue weighted by molar-refractivity contribution is 7.89. The average molecular weight is 497 g/mol. The molecule has 1 fully saturated rings. The highest BCUT2D eigenvalue weighted by Crippen LogP contribution is 2.25. The first-order chi connectivity index (χ1) is 16.7. The predicted molar refractivity (Wildman–Crippen MR) is 137 cm³/mol. The first kappa shape index (κ1) is 25.0. The summed E-state index contributed by atoms with van der Waals surface area (Å²) >= 11 is 0. The number of nitrogens with one attached hydrogen (secondary N) is 1. The first-order valence-corrected chi connectivity index (χ1v) is 13.1. The van der Waals surface area contributed by atoms with E-state index >= 15 is 0 Å². The minimum atomic E-state index is -3.91. The van der Waals surface area contributed by atoms with Gasteiger partial charge in [-0.05, 0) is 68.9 Å². The van der Waals surface area contributed by atoms with Crippen LogP contribution < -0.4 is 10.2 Å². The Morgan fingerprint density at radius 1 is 1.03 bits per heavy atom. The van der Waals surface area contributed by atoms with Crippen molar-refractivity contribution in [1.82, 2.24) is 9.21 Å². The van der Waals surface area contributed by atoms with Crippen LogP contribution in [0.15, 0.2) is 70.2 Å². The maximum Gasteiger partial charge on any atom is 0.243 e. The van der Waals surface area contributed by atoms with Crippen molar-refractivity contribution in [3.63, 3.8) is 0 Å². The van der Waals surface area contributed by atoms with Crippen molar-refractivity contribution < 1.29 is 17.6 Å². The van der Waals surface area contributed by atoms with Crippen LogP contribution in [-0.4, -0.2) is 63.3 Å². The summed E-state index contributed by atoms with van der Waals surface area (Å²) in [6.45, 7) is 7.48. The molecule has 1 aliphatic rings. The third kappa shape index (κ3) is 6.11. The van der Waals surface area contributed by atoms with E-state index in [1.807, 2.05) is 32.0 Å². The number of rotatable bonds is 8. The van der Waals surface area contributed by atoms with Crippen molar-refractivity contribution in [2.45, 2.75) is 25.3 Å². The second kappa shape index (κ2) is 10.6. The molecular weight excluding hydrogens is 464 g/mol. The van der Waals surface area contributed by atoms with Crippen molar-refractivity contribution in [1.29, 1.82) is 0 Å². The second-order valence-electron chi connectivity index (χ2n) is 9.01. The molecular formula is C26H32N4O4S. The zero-order valence-electron chi connectivity index (χ0n) is 20.4. The smallest absolute Gasteiger partial charge is 0.243 e. The lowest BCUT2D eigenvalue weighted by Gasteiger charge is -2.35. The Bertz CT molecular complexity index is 1250. The summed E-state index contributed by atoms with van der Waals surface area (Å²) in [6.07, 6.45) is 1.48. The summed E-state index contributed by atoms with van der Waals surface area (Å²) in [5.74, 6) is 0.0415. The number of piperazine rings is 1. The van der Waals surface area contributed by atoms with Crippen LogP contribution in [0, 0.1) is 13.8 Å². The molecule has 3 aromatic rings. The number of sulfonamides is 1. The Labute approximate surface area is 207 Å². The second-order valence-corrected chi connectivity index (χ2v) is 10.9. The number of carbonyl (C=O) groups is 1. The molecule has 1 amide bonds. The molecule has 0 unspecified atom stereocenters. The molecule has 4 rings (SSSR count). The Morgan fingerprint density at radius 3 is 2.37 bits per heavy atom. The van der Waals surface area contributed by atoms with Crippen LogP contribution in [0.3, 0.4) is 0 Å². The zero-order chi connectivity index (χ0) is 25.0. The molecule has 1 aromatic heterocycles. The molecule has 2 heterocycles. The average Bonchev–Trinajstić information content (AvgIpc) is 3.33. The van der Waals surface area contributed by atoms with E-state index in [1.54, 1.807) is 36.4 Å². The van der Waals surface area contributed by atoms with Gasteiger partial charge in [-0.2, -0.15) is 4.31 Å². The summed E-state index contributed by atoms with van der Waals surface area (Å²) in [5, 5.41) is 2.86. The third-order valence-electron chi connectivity index (χ3n) is 6.22. The fourth-order valence-electron chi connectivity index (χ4n) is 4.16. The van der Waals surface area contributed by atoms with Gasteiger partial charge < -0.3 is 19.5 Å². The van der Waals surface area contributed by atoms with Crippen LogP contribution in [0.5, 0.6) is 0 Å². The Hall–Kier alpha value is -3.14. The van der Waals surface area contributed by atoms with Crippen molar-refractivity contribution in [2.75, 3.05) is 50.0 Å². The van der Waals surface area contributed by atoms with Gasteiger partial charge in [-0.25, -0.2) is 8.42 Å². The van der Waals surface area contributed by atoms with Crippen LogP contribution in [0.25, 0.3) is 0 Å². The highest BCUT2D eigenvalue weighted by Gasteiger charge is 2.28. The van der Waals surface area contributed by atoms with Crippen LogP contribution in [-0.2, 0) is 21.4 Å². The van der Waals surface area contributed by atoms with Crippen molar-refractivity contribution in [3.8, 4) is 0 Å². The number of likely N-dealkylation sites (N-methyl/N-ethyl adjacent to an activating group) is 1. The van der Waals surface area contributed by atoms with Crippen LogP contribution >= 0.6 is 0 Å². The van der Waals surface area contributed by atoms with Gasteiger partial charge in [-0.15, -0.1) is 0 Å². The summed E-state index contributed by atoms with van der Waals surface area (Å²) < 4.78 is 33.2. The largest absolute Gasteiger partial charge is 0.468 e. The number of furan rings is 1. The van der Waals surface area contributed by atoms with Gasteiger partial charge in [0.25, 0.3) is 0 Å². The van der Waals surface area contributed by atoms with Gasteiger partial charge in [-0.1, -0.05) is 17.7 Å². The van der Waals surface area contributed by atoms with Gasteiger partial charge in [0.05, 0.1) is 24.2 Å². The van der Waals surface area contributed by atoms with Gasteiger partial charge in [0.1, 0.15) is 5.76 Å². The van der Waals surface area contributed by atoms with Crippen molar-refractivity contribution >= 4 is 27.3 Å². The Morgan fingerprint density at radius 2 is 1.74 bits per heavy atom. The first-order valence-electron chi connectivity index (χ1n) is 11.7. The molecule has 0 atom stereocenters. The fraction of sp³-hybridized carbons (Fsp3) is 0.346. The number of anilines is 2. The van der Waals surface area contributed by atoms with E-state index < -0.39 is 15.9 Å². The molecule has 0 aliphatic carbocycles. The number of nitrogens with zero attached hydrogens (tertiary/aromatic N) is 3. The molecule has 35 heavy (non-hydrogen) atoms. The molecule has 2 aromatic carbocycles. The van der Waals surface area contributed by atoms with E-state index in [1.165, 1.54) is 6.26 Å². The Balaban J connectivity index is 1.49. The number of benzene rings is 2. The lowest BCUT2D eigenvalue weighted by atomic mass is 10.1. The normalized spacial score (nSPS) is 14.9. The third-order valence-corrected chi connectivity index (χ3v) is 8.02. The fourth-order valence-corrected chi connectivity index (χ4v) is 5.52. The number of aryl methyl sites for hydroxylation is 2. The standard InChI is InChI=1S/C26H32N4O4S/c1-20-6-9-24(10-7-20)35(32,33)30(18-23-5-4-16-34-23)19-26(31)27-22-8-11-25(21(2)17-22)29-14-12-28(3)13-15-29/h4-11,16-17H,12-15,18-19H2,1-3H3,(H,27,31). The van der Waals surface area contributed by atoms with Crippen LogP contribution in [0.4, 0.5) is 11.4 Å². The van der Waals surface area contributed by atoms with Crippen molar-refractivity contribution in [2.24, 2.45) is 0 Å². The van der Waals surface area contributed by atoms with Crippen LogP contribution in [0.1, 0.15) is 16.9 Å². The maximum absolute atomic E-state index is 13.4. The summed E-state index contributed by atoms with van der Waals surface area (Å²) in [4.78, 5) is 17.7. The molecule has 0 spiro atoms. The predicted octanol–water partition coefficient (Wildman–Crippen LogP) is 3.48. The zero-order valence-corrected chi connectivity index (χ0v) is 21.2. The molecule has 0 bridgehead atoms. The van der Waals surface area contributed by atoms with E-state index in [9.17, 15) is 13.2 Å². The molecule has 0 radical (unpaired) electrons. The lowest BCUT2D eigenvalue weighted by molar-refractivity contribution is -0.116. The molecule has 9 heteroatoms. The van der Waals surface area contributed by atoms with E-state index in [0.717, 1.165) is 47.3 Å². The molecule has 1 saturated heterocycles. The van der Waals surface area contributed by atoms with E-state index in [-0.39, 0.29) is 18.0 Å². The van der Waals surface area contributed by atoms with Gasteiger partial charge in [-0.3, -0.25) is 4.79 Å². The molecule has 1 aliphatic heterocycles. The van der Waals surface area contributed by atoms with E-state index in [2.05, 4.69) is 22.2 Å². The molecule has 0 saturated carbocycles. The van der Waals surface area contributed by atoms with Gasteiger partial charge >= 0.3 is 0 Å². The van der Waals surface area contributed by atoms with Crippen LogP contribution in [0.2, 0.25) is 0 Å². The summed E-state index contributed by atoms with van der Waals surface area (Å²) in [6, 6.07) is 15.8. The molecule has 186 valence electrons. The maximum atomic E-state index is 13.4. The quantitative estimate of drug-likeness (QED) is 0.514. The van der Waals surface area contributed by atoms with Crippen molar-refractivity contribution in [3.05, 3.63) is 77.7 Å². The number of hydrogen-bond donors (Lipinski definition) is 1. The summed E-state index contributed by atoms with van der Waals surface area (Å²) in [7, 11) is -1.79. The number of carbonyl (C=O) groups excluding carboxylic acids is 1. The van der Waals surface area contributed by atoms with Gasteiger partial charge in [0, 0.05) is 37.6 Å². The Kier molecular flexibility index (Phi) is 7.59. The number of hydrogen-bond acceptors (Lipinski definition) is 6. The van der Waals surface area contributed by atoms with E-state index in [4.69, 9.17) is 4.42 Å². The molecule has 8 nitrogen and oxygen atoms in total. The topological polar surface area (TPSA) is 86.1 Å². The number of amides is 1. The molecule has 1 N–H and O–H groups in total. The monoisotopic (exact) mass is 496 g/mol.